The van der Waals surface area contributed by atoms with E-state index in [1.54, 1.807) is 0 Å². The van der Waals surface area contributed by atoms with Crippen molar-refractivity contribution >= 4 is 35.1 Å². The number of carbonyl (C=O) groups is 2. The Hall–Kier alpha value is -1.52. The van der Waals surface area contributed by atoms with Gasteiger partial charge in [-0.3, -0.25) is 4.79 Å². The van der Waals surface area contributed by atoms with Crippen molar-refractivity contribution in [1.82, 2.24) is 0 Å². The number of allylic oxidation sites excluding steroid dienone is 1. The van der Waals surface area contributed by atoms with Crippen LogP contribution in [0.1, 0.15) is 24.2 Å². The highest BCUT2D eigenvalue weighted by atomic mass is 35.5. The van der Waals surface area contributed by atoms with Gasteiger partial charge in [0.1, 0.15) is 0 Å². The zero-order valence-electron chi connectivity index (χ0n) is 11.1. The summed E-state index contributed by atoms with van der Waals surface area (Å²) in [5.74, 6) is -0.188. The first-order valence-corrected chi connectivity index (χ1v) is 6.61. The predicted octanol–water partition coefficient (Wildman–Crippen LogP) is 4.53. The molecule has 0 spiro atoms. The van der Waals surface area contributed by atoms with E-state index in [1.807, 2.05) is 13.8 Å². The maximum Gasteiger partial charge on any atom is 0.513 e. The fourth-order valence-corrected chi connectivity index (χ4v) is 1.83. The third-order valence-corrected chi connectivity index (χ3v) is 2.75. The Balaban J connectivity index is 2.89. The van der Waals surface area contributed by atoms with Crippen LogP contribution in [0.5, 0.6) is 5.75 Å². The van der Waals surface area contributed by atoms with Crippen molar-refractivity contribution in [2.75, 3.05) is 6.61 Å². The zero-order chi connectivity index (χ0) is 15.3. The first kappa shape index (κ1) is 16.5. The monoisotopic (exact) mass is 316 g/mol. The van der Waals surface area contributed by atoms with E-state index in [4.69, 9.17) is 32.7 Å². The fourth-order valence-electron chi connectivity index (χ4n) is 1.27. The van der Waals surface area contributed by atoms with E-state index >= 15 is 0 Å². The molecule has 0 aromatic heterocycles. The highest BCUT2D eigenvalue weighted by Crippen LogP contribution is 2.34. The molecule has 108 valence electrons. The van der Waals surface area contributed by atoms with Gasteiger partial charge in [-0.1, -0.05) is 43.6 Å². The summed E-state index contributed by atoms with van der Waals surface area (Å²) in [4.78, 5) is 22.9. The summed E-state index contributed by atoms with van der Waals surface area (Å²) in [7, 11) is 0. The first-order valence-electron chi connectivity index (χ1n) is 5.85. The summed E-state index contributed by atoms with van der Waals surface area (Å²) in [5.41, 5.74) is 0.262. The van der Waals surface area contributed by atoms with Crippen molar-refractivity contribution in [2.45, 2.75) is 13.8 Å². The van der Waals surface area contributed by atoms with Crippen molar-refractivity contribution in [2.24, 2.45) is 5.92 Å². The minimum Gasteiger partial charge on any atom is -0.434 e. The highest BCUT2D eigenvalue weighted by Gasteiger charge is 2.17. The lowest BCUT2D eigenvalue weighted by Crippen LogP contribution is -2.14. The molecule has 0 aliphatic rings. The molecule has 0 aliphatic carbocycles. The molecular formula is C14H14Cl2O4. The van der Waals surface area contributed by atoms with Crippen LogP contribution >= 0.6 is 23.2 Å². The van der Waals surface area contributed by atoms with Gasteiger partial charge in [-0.25, -0.2) is 4.79 Å². The van der Waals surface area contributed by atoms with Crippen LogP contribution in [0, 0.1) is 5.92 Å². The smallest absolute Gasteiger partial charge is 0.434 e. The summed E-state index contributed by atoms with van der Waals surface area (Å²) >= 11 is 11.9. The molecule has 0 bridgehead atoms. The molecule has 0 N–H and O–H groups in total. The second-order valence-electron chi connectivity index (χ2n) is 4.39. The molecule has 0 saturated heterocycles. The van der Waals surface area contributed by atoms with Gasteiger partial charge in [0.2, 0.25) is 0 Å². The van der Waals surface area contributed by atoms with E-state index in [0.29, 0.717) is 0 Å². The lowest BCUT2D eigenvalue weighted by atomic mass is 10.1. The number of ether oxygens (including phenoxy) is 2. The summed E-state index contributed by atoms with van der Waals surface area (Å²) < 4.78 is 9.79. The number of carbonyl (C=O) groups excluding carboxylic acids is 2. The lowest BCUT2D eigenvalue weighted by Gasteiger charge is -2.10. The van der Waals surface area contributed by atoms with Crippen LogP contribution in [0.15, 0.2) is 24.8 Å². The van der Waals surface area contributed by atoms with Crippen LogP contribution in [-0.4, -0.2) is 18.5 Å². The van der Waals surface area contributed by atoms with Crippen molar-refractivity contribution in [1.29, 1.82) is 0 Å². The Labute approximate surface area is 127 Å². The van der Waals surface area contributed by atoms with Crippen molar-refractivity contribution in [3.63, 3.8) is 0 Å². The van der Waals surface area contributed by atoms with E-state index in [-0.39, 0.29) is 39.7 Å². The van der Waals surface area contributed by atoms with Gasteiger partial charge >= 0.3 is 6.16 Å². The molecule has 1 aromatic rings. The van der Waals surface area contributed by atoms with Gasteiger partial charge in [-0.15, -0.1) is 0 Å². The topological polar surface area (TPSA) is 52.6 Å². The zero-order valence-corrected chi connectivity index (χ0v) is 12.6. The van der Waals surface area contributed by atoms with Crippen molar-refractivity contribution in [3.8, 4) is 5.75 Å². The van der Waals surface area contributed by atoms with Gasteiger partial charge in [-0.2, -0.15) is 0 Å². The number of benzene rings is 1. The summed E-state index contributed by atoms with van der Waals surface area (Å²) in [6, 6.07) is 2.70. The molecule has 0 heterocycles. The standard InChI is InChI=1S/C14H14Cl2O4/c1-4-12(17)9-5-10(15)13(11(16)6-9)20-14(18)19-7-8(2)3/h4-6,8H,1,7H2,2-3H3. The first-order chi connectivity index (χ1) is 9.35. The van der Waals surface area contributed by atoms with Gasteiger partial charge in [-0.05, 0) is 24.1 Å². The minimum absolute atomic E-state index is 0.0392. The third kappa shape index (κ3) is 4.54. The molecule has 0 amide bonds. The van der Waals surface area contributed by atoms with Gasteiger partial charge in [0.05, 0.1) is 16.7 Å². The number of ketones is 1. The minimum atomic E-state index is -0.898. The second kappa shape index (κ2) is 7.31. The van der Waals surface area contributed by atoms with Gasteiger partial charge < -0.3 is 9.47 Å². The molecule has 1 rings (SSSR count). The van der Waals surface area contributed by atoms with Crippen LogP contribution in [-0.2, 0) is 4.74 Å². The molecule has 0 atom stereocenters. The fraction of sp³-hybridized carbons (Fsp3) is 0.286. The summed E-state index contributed by atoms with van der Waals surface area (Å²) in [6.45, 7) is 7.37. The molecule has 1 aromatic carbocycles. The SMILES string of the molecule is C=CC(=O)c1cc(Cl)c(OC(=O)OCC(C)C)c(Cl)c1. The summed E-state index contributed by atoms with van der Waals surface area (Å²) in [6.07, 6.45) is 0.240. The van der Waals surface area contributed by atoms with E-state index in [9.17, 15) is 9.59 Å². The Morgan fingerprint density at radius 2 is 1.85 bits per heavy atom. The number of hydrogen-bond acceptors (Lipinski definition) is 4. The number of halogens is 2. The van der Waals surface area contributed by atoms with Crippen molar-refractivity contribution in [3.05, 3.63) is 40.4 Å². The molecule has 0 fully saturated rings. The van der Waals surface area contributed by atoms with E-state index < -0.39 is 6.16 Å². The molecular weight excluding hydrogens is 303 g/mol. The van der Waals surface area contributed by atoms with E-state index in [0.717, 1.165) is 6.08 Å². The Morgan fingerprint density at radius 3 is 2.30 bits per heavy atom. The van der Waals surface area contributed by atoms with Crippen LogP contribution in [0.3, 0.4) is 0 Å². The molecule has 6 heteroatoms. The summed E-state index contributed by atoms with van der Waals surface area (Å²) in [5, 5.41) is 0.0911. The number of hydrogen-bond donors (Lipinski definition) is 0. The Kier molecular flexibility index (Phi) is 6.05. The van der Waals surface area contributed by atoms with Crippen LogP contribution in [0.4, 0.5) is 4.79 Å². The average molecular weight is 317 g/mol. The second-order valence-corrected chi connectivity index (χ2v) is 5.21. The molecule has 0 radical (unpaired) electrons. The van der Waals surface area contributed by atoms with Crippen LogP contribution in [0.2, 0.25) is 10.0 Å². The highest BCUT2D eigenvalue weighted by molar-refractivity contribution is 6.38. The van der Waals surface area contributed by atoms with Crippen LogP contribution < -0.4 is 4.74 Å². The van der Waals surface area contributed by atoms with E-state index in [2.05, 4.69) is 6.58 Å². The normalized spacial score (nSPS) is 10.2. The predicted molar refractivity (Wildman–Crippen MR) is 77.8 cm³/mol. The Bertz CT molecular complexity index is 515. The molecule has 20 heavy (non-hydrogen) atoms. The molecule has 0 aliphatic heterocycles. The van der Waals surface area contributed by atoms with Gasteiger partial charge in [0, 0.05) is 5.56 Å². The average Bonchev–Trinajstić information content (AvgIpc) is 2.39. The Morgan fingerprint density at radius 1 is 1.30 bits per heavy atom. The van der Waals surface area contributed by atoms with Gasteiger partial charge in [0.25, 0.3) is 0 Å². The molecule has 0 saturated carbocycles. The lowest BCUT2D eigenvalue weighted by molar-refractivity contribution is 0.0886. The number of rotatable bonds is 5. The largest absolute Gasteiger partial charge is 0.513 e. The van der Waals surface area contributed by atoms with Crippen LogP contribution in [0.25, 0.3) is 0 Å². The quantitative estimate of drug-likeness (QED) is 0.346. The third-order valence-electron chi connectivity index (χ3n) is 2.19. The molecule has 0 unspecified atom stereocenters. The maximum atomic E-state index is 11.5. The maximum absolute atomic E-state index is 11.5. The molecule has 4 nitrogen and oxygen atoms in total. The van der Waals surface area contributed by atoms with Gasteiger partial charge in [0.15, 0.2) is 11.5 Å². The van der Waals surface area contributed by atoms with Crippen molar-refractivity contribution < 1.29 is 19.1 Å². The van der Waals surface area contributed by atoms with E-state index in [1.165, 1.54) is 12.1 Å².